The standard InChI is InChI=1S/C14H22N6/c1-4-6-16-13-11(2)14(19-10-18-13)17-7-5-12-15-8-9-20(12)3/h8-10H,4-7H2,1-3H3,(H2,16,17,18,19). The third kappa shape index (κ3) is 3.46. The van der Waals surface area contributed by atoms with Crippen LogP contribution in [-0.2, 0) is 13.5 Å². The fourth-order valence-corrected chi connectivity index (χ4v) is 1.98. The van der Waals surface area contributed by atoms with Gasteiger partial charge >= 0.3 is 0 Å². The van der Waals surface area contributed by atoms with Crippen LogP contribution in [0.15, 0.2) is 18.7 Å². The number of hydrogen-bond donors (Lipinski definition) is 2. The second-order valence-corrected chi connectivity index (χ2v) is 4.75. The number of nitrogens with zero attached hydrogens (tertiary/aromatic N) is 4. The molecule has 0 spiro atoms. The summed E-state index contributed by atoms with van der Waals surface area (Å²) in [5, 5.41) is 6.66. The van der Waals surface area contributed by atoms with Crippen molar-refractivity contribution in [2.75, 3.05) is 23.7 Å². The number of rotatable bonds is 7. The average Bonchev–Trinajstić information content (AvgIpc) is 2.85. The predicted octanol–water partition coefficient (Wildman–Crippen LogP) is 2.00. The minimum atomic E-state index is 0.802. The summed E-state index contributed by atoms with van der Waals surface area (Å²) < 4.78 is 2.03. The van der Waals surface area contributed by atoms with Crippen molar-refractivity contribution in [3.8, 4) is 0 Å². The lowest BCUT2D eigenvalue weighted by Crippen LogP contribution is -2.12. The summed E-state index contributed by atoms with van der Waals surface area (Å²) in [6.07, 6.45) is 7.31. The normalized spacial score (nSPS) is 10.6. The van der Waals surface area contributed by atoms with Gasteiger partial charge in [-0.25, -0.2) is 15.0 Å². The molecule has 0 aliphatic heterocycles. The maximum absolute atomic E-state index is 4.31. The van der Waals surface area contributed by atoms with Crippen LogP contribution in [0, 0.1) is 6.92 Å². The van der Waals surface area contributed by atoms with E-state index in [-0.39, 0.29) is 0 Å². The molecular weight excluding hydrogens is 252 g/mol. The van der Waals surface area contributed by atoms with Crippen LogP contribution in [0.4, 0.5) is 11.6 Å². The summed E-state index contributed by atoms with van der Waals surface area (Å²) in [7, 11) is 2.01. The molecule has 0 aliphatic rings. The number of anilines is 2. The molecule has 0 fully saturated rings. The van der Waals surface area contributed by atoms with Gasteiger partial charge in [-0.15, -0.1) is 0 Å². The summed E-state index contributed by atoms with van der Waals surface area (Å²) in [6.45, 7) is 5.89. The highest BCUT2D eigenvalue weighted by Gasteiger charge is 2.06. The molecule has 2 rings (SSSR count). The first kappa shape index (κ1) is 14.3. The Morgan fingerprint density at radius 1 is 1.10 bits per heavy atom. The molecule has 2 aromatic heterocycles. The molecule has 6 nitrogen and oxygen atoms in total. The van der Waals surface area contributed by atoms with Crippen molar-refractivity contribution in [1.29, 1.82) is 0 Å². The Kier molecular flexibility index (Phi) is 4.92. The van der Waals surface area contributed by atoms with Crippen LogP contribution in [0.2, 0.25) is 0 Å². The molecule has 2 aromatic rings. The number of aryl methyl sites for hydroxylation is 1. The van der Waals surface area contributed by atoms with Crippen molar-refractivity contribution < 1.29 is 0 Å². The lowest BCUT2D eigenvalue weighted by atomic mass is 10.3. The van der Waals surface area contributed by atoms with E-state index in [9.17, 15) is 0 Å². The fourth-order valence-electron chi connectivity index (χ4n) is 1.98. The molecule has 0 aromatic carbocycles. The van der Waals surface area contributed by atoms with E-state index >= 15 is 0 Å². The molecule has 0 amide bonds. The Labute approximate surface area is 119 Å². The fraction of sp³-hybridized carbons (Fsp3) is 0.500. The zero-order chi connectivity index (χ0) is 14.4. The van der Waals surface area contributed by atoms with Gasteiger partial charge in [0.15, 0.2) is 0 Å². The Hall–Kier alpha value is -2.11. The van der Waals surface area contributed by atoms with E-state index in [4.69, 9.17) is 0 Å². The summed E-state index contributed by atoms with van der Waals surface area (Å²) in [4.78, 5) is 12.9. The second kappa shape index (κ2) is 6.88. The smallest absolute Gasteiger partial charge is 0.134 e. The van der Waals surface area contributed by atoms with Crippen molar-refractivity contribution in [3.05, 3.63) is 30.1 Å². The van der Waals surface area contributed by atoms with Gasteiger partial charge in [0.2, 0.25) is 0 Å². The molecular formula is C14H22N6. The third-order valence-corrected chi connectivity index (χ3v) is 3.19. The van der Waals surface area contributed by atoms with E-state index < -0.39 is 0 Å². The SMILES string of the molecule is CCCNc1ncnc(NCCc2nccn2C)c1C. The molecule has 20 heavy (non-hydrogen) atoms. The molecule has 108 valence electrons. The number of hydrogen-bond acceptors (Lipinski definition) is 5. The van der Waals surface area contributed by atoms with E-state index in [0.29, 0.717) is 0 Å². The van der Waals surface area contributed by atoms with Crippen LogP contribution in [0.1, 0.15) is 24.7 Å². The van der Waals surface area contributed by atoms with Gasteiger partial charge in [0.1, 0.15) is 23.8 Å². The van der Waals surface area contributed by atoms with Crippen LogP contribution in [-0.4, -0.2) is 32.6 Å². The number of imidazole rings is 1. The first-order chi connectivity index (χ1) is 9.72. The predicted molar refractivity (Wildman–Crippen MR) is 81.0 cm³/mol. The highest BCUT2D eigenvalue weighted by molar-refractivity contribution is 5.56. The summed E-state index contributed by atoms with van der Waals surface area (Å²) in [5.41, 5.74) is 1.06. The minimum Gasteiger partial charge on any atom is -0.370 e. The maximum Gasteiger partial charge on any atom is 0.134 e. The highest BCUT2D eigenvalue weighted by Crippen LogP contribution is 2.17. The third-order valence-electron chi connectivity index (χ3n) is 3.19. The largest absolute Gasteiger partial charge is 0.370 e. The van der Waals surface area contributed by atoms with Crippen molar-refractivity contribution in [1.82, 2.24) is 19.5 Å². The zero-order valence-corrected chi connectivity index (χ0v) is 12.3. The molecule has 0 unspecified atom stereocenters. The molecule has 0 atom stereocenters. The first-order valence-corrected chi connectivity index (χ1v) is 6.98. The maximum atomic E-state index is 4.31. The Morgan fingerprint density at radius 2 is 1.80 bits per heavy atom. The molecule has 2 N–H and O–H groups in total. The lowest BCUT2D eigenvalue weighted by Gasteiger charge is -2.12. The topological polar surface area (TPSA) is 67.7 Å². The minimum absolute atomic E-state index is 0.802. The molecule has 0 aliphatic carbocycles. The van der Waals surface area contributed by atoms with Gasteiger partial charge in [0.25, 0.3) is 0 Å². The zero-order valence-electron chi connectivity index (χ0n) is 12.3. The van der Waals surface area contributed by atoms with E-state index in [1.54, 1.807) is 6.33 Å². The van der Waals surface area contributed by atoms with Crippen molar-refractivity contribution in [2.45, 2.75) is 26.7 Å². The second-order valence-electron chi connectivity index (χ2n) is 4.75. The molecule has 0 radical (unpaired) electrons. The van der Waals surface area contributed by atoms with Gasteiger partial charge in [-0.1, -0.05) is 6.92 Å². The van der Waals surface area contributed by atoms with Gasteiger partial charge in [-0.05, 0) is 13.3 Å². The van der Waals surface area contributed by atoms with Crippen molar-refractivity contribution in [3.63, 3.8) is 0 Å². The van der Waals surface area contributed by atoms with Gasteiger partial charge in [-0.3, -0.25) is 0 Å². The van der Waals surface area contributed by atoms with Crippen LogP contribution in [0.25, 0.3) is 0 Å². The van der Waals surface area contributed by atoms with Crippen LogP contribution in [0.5, 0.6) is 0 Å². The highest BCUT2D eigenvalue weighted by atomic mass is 15.1. The average molecular weight is 274 g/mol. The monoisotopic (exact) mass is 274 g/mol. The summed E-state index contributed by atoms with van der Waals surface area (Å²) >= 11 is 0. The van der Waals surface area contributed by atoms with E-state index in [2.05, 4.69) is 32.5 Å². The molecule has 0 saturated heterocycles. The van der Waals surface area contributed by atoms with Gasteiger partial charge < -0.3 is 15.2 Å². The van der Waals surface area contributed by atoms with E-state index in [1.165, 1.54) is 0 Å². The van der Waals surface area contributed by atoms with Gasteiger partial charge in [0.05, 0.1) is 0 Å². The van der Waals surface area contributed by atoms with Crippen LogP contribution < -0.4 is 10.6 Å². The Balaban J connectivity index is 1.94. The van der Waals surface area contributed by atoms with Gasteiger partial charge in [-0.2, -0.15) is 0 Å². The Bertz CT molecular complexity index is 548. The summed E-state index contributed by atoms with van der Waals surface area (Å²) in [6, 6.07) is 0. The summed E-state index contributed by atoms with van der Waals surface area (Å²) in [5.74, 6) is 2.85. The lowest BCUT2D eigenvalue weighted by molar-refractivity contribution is 0.788. The van der Waals surface area contributed by atoms with Crippen molar-refractivity contribution >= 4 is 11.6 Å². The molecule has 2 heterocycles. The Morgan fingerprint density at radius 3 is 2.40 bits per heavy atom. The molecule has 0 saturated carbocycles. The van der Waals surface area contributed by atoms with Crippen molar-refractivity contribution in [2.24, 2.45) is 7.05 Å². The van der Waals surface area contributed by atoms with E-state index in [1.807, 2.05) is 30.9 Å². The van der Waals surface area contributed by atoms with E-state index in [0.717, 1.165) is 49.0 Å². The molecule has 0 bridgehead atoms. The molecule has 6 heteroatoms. The number of aromatic nitrogens is 4. The van der Waals surface area contributed by atoms with Gasteiger partial charge in [0, 0.05) is 44.5 Å². The quantitative estimate of drug-likeness (QED) is 0.808. The van der Waals surface area contributed by atoms with Crippen LogP contribution in [0.3, 0.4) is 0 Å². The van der Waals surface area contributed by atoms with Crippen LogP contribution >= 0.6 is 0 Å². The number of nitrogens with one attached hydrogen (secondary N) is 2. The first-order valence-electron chi connectivity index (χ1n) is 6.98.